The third-order valence-electron chi connectivity index (χ3n) is 3.20. The van der Waals surface area contributed by atoms with Gasteiger partial charge in [-0.3, -0.25) is 0 Å². The quantitative estimate of drug-likeness (QED) is 0.766. The Kier molecular flexibility index (Phi) is 5.32. The molecule has 0 radical (unpaired) electrons. The lowest BCUT2D eigenvalue weighted by atomic mass is 10.0. The second-order valence-corrected chi connectivity index (χ2v) is 4.46. The number of aliphatic hydroxyl groups is 1. The first-order valence-corrected chi connectivity index (χ1v) is 5.94. The zero-order valence-corrected chi connectivity index (χ0v) is 10.2. The van der Waals surface area contributed by atoms with E-state index in [1.54, 1.807) is 7.05 Å². The molecule has 4 heteroatoms. The van der Waals surface area contributed by atoms with Crippen LogP contribution in [0.25, 0.3) is 0 Å². The normalized spacial score (nSPS) is 17.6. The van der Waals surface area contributed by atoms with Crippen molar-refractivity contribution in [3.05, 3.63) is 11.8 Å². The topological polar surface area (TPSA) is 52.6 Å². The van der Waals surface area contributed by atoms with E-state index in [0.29, 0.717) is 12.5 Å². The minimum absolute atomic E-state index is 0.00472. The zero-order valence-electron chi connectivity index (χ0n) is 10.2. The Balaban J connectivity index is 2.36. The molecule has 0 aromatic heterocycles. The zero-order chi connectivity index (χ0) is 12.0. The van der Waals surface area contributed by atoms with Gasteiger partial charge in [0.05, 0.1) is 6.61 Å². The van der Waals surface area contributed by atoms with Crippen molar-refractivity contribution < 1.29 is 9.90 Å². The molecule has 0 saturated heterocycles. The smallest absolute Gasteiger partial charge is 0.321 e. The van der Waals surface area contributed by atoms with Crippen LogP contribution in [0.3, 0.4) is 0 Å². The summed E-state index contributed by atoms with van der Waals surface area (Å²) in [7, 11) is 1.67. The Morgan fingerprint density at radius 1 is 1.50 bits per heavy atom. The van der Waals surface area contributed by atoms with Crippen molar-refractivity contribution in [2.45, 2.75) is 32.6 Å². The number of rotatable bonds is 4. The number of likely N-dealkylation sites (N-methyl/N-ethyl adjacent to an activating group) is 1. The molecular formula is C12H22N2O2. The second-order valence-electron chi connectivity index (χ2n) is 4.46. The van der Waals surface area contributed by atoms with Gasteiger partial charge in [0.15, 0.2) is 0 Å². The summed E-state index contributed by atoms with van der Waals surface area (Å²) < 4.78 is 0. The lowest BCUT2D eigenvalue weighted by Crippen LogP contribution is -2.36. The Hall–Kier alpha value is -1.03. The van der Waals surface area contributed by atoms with Gasteiger partial charge in [0.2, 0.25) is 0 Å². The summed E-state index contributed by atoms with van der Waals surface area (Å²) in [6, 6.07) is -0.161. The van der Waals surface area contributed by atoms with E-state index >= 15 is 0 Å². The van der Waals surface area contributed by atoms with Crippen molar-refractivity contribution in [1.82, 2.24) is 10.2 Å². The summed E-state index contributed by atoms with van der Waals surface area (Å²) in [6.07, 6.45) is 6.89. The molecule has 1 aliphatic carbocycles. The van der Waals surface area contributed by atoms with E-state index in [9.17, 15) is 4.79 Å². The van der Waals surface area contributed by atoms with Gasteiger partial charge in [-0.15, -0.1) is 0 Å². The predicted molar refractivity (Wildman–Crippen MR) is 64.0 cm³/mol. The van der Waals surface area contributed by atoms with Crippen LogP contribution in [0.15, 0.2) is 11.8 Å². The van der Waals surface area contributed by atoms with Crippen LogP contribution < -0.4 is 5.32 Å². The number of urea groups is 1. The molecule has 0 heterocycles. The SMILES string of the molecule is C/C(=C\NC(=O)N(C)CCO)C1CCCC1. The van der Waals surface area contributed by atoms with Crippen molar-refractivity contribution >= 4 is 6.03 Å². The van der Waals surface area contributed by atoms with Crippen LogP contribution in [0.1, 0.15) is 32.6 Å². The van der Waals surface area contributed by atoms with Gasteiger partial charge in [0.1, 0.15) is 0 Å². The summed E-state index contributed by atoms with van der Waals surface area (Å²) in [5.41, 5.74) is 1.25. The number of aliphatic hydroxyl groups excluding tert-OH is 1. The fourth-order valence-corrected chi connectivity index (χ4v) is 2.04. The maximum absolute atomic E-state index is 11.5. The molecule has 1 rings (SSSR count). The van der Waals surface area contributed by atoms with E-state index in [4.69, 9.17) is 5.11 Å². The summed E-state index contributed by atoms with van der Waals surface area (Å²) in [6.45, 7) is 2.43. The second kappa shape index (κ2) is 6.53. The Morgan fingerprint density at radius 2 is 2.12 bits per heavy atom. The van der Waals surface area contributed by atoms with E-state index in [1.807, 2.05) is 6.20 Å². The number of amides is 2. The standard InChI is InChI=1S/C12H22N2O2/c1-10(11-5-3-4-6-11)9-13-12(16)14(2)7-8-15/h9,11,15H,3-8H2,1-2H3,(H,13,16)/b10-9+. The summed E-state index contributed by atoms with van der Waals surface area (Å²) in [5.74, 6) is 0.642. The number of carbonyl (C=O) groups excluding carboxylic acids is 1. The van der Waals surface area contributed by atoms with Crippen molar-refractivity contribution in [2.75, 3.05) is 20.2 Å². The van der Waals surface area contributed by atoms with Crippen LogP contribution in [0.5, 0.6) is 0 Å². The number of hydrogen-bond acceptors (Lipinski definition) is 2. The molecule has 1 saturated carbocycles. The predicted octanol–water partition coefficient (Wildman–Crippen LogP) is 1.71. The Labute approximate surface area is 97.3 Å². The van der Waals surface area contributed by atoms with Crippen LogP contribution in [0.4, 0.5) is 4.79 Å². The van der Waals surface area contributed by atoms with E-state index in [0.717, 1.165) is 0 Å². The number of carbonyl (C=O) groups is 1. The van der Waals surface area contributed by atoms with Gasteiger partial charge in [0.25, 0.3) is 0 Å². The van der Waals surface area contributed by atoms with Gasteiger partial charge in [-0.25, -0.2) is 4.79 Å². The lowest BCUT2D eigenvalue weighted by Gasteiger charge is -2.16. The first-order valence-electron chi connectivity index (χ1n) is 5.94. The van der Waals surface area contributed by atoms with Crippen LogP contribution in [0.2, 0.25) is 0 Å². The highest BCUT2D eigenvalue weighted by molar-refractivity contribution is 5.74. The van der Waals surface area contributed by atoms with Crippen LogP contribution >= 0.6 is 0 Å². The molecule has 0 atom stereocenters. The molecule has 0 spiro atoms. The molecule has 0 aliphatic heterocycles. The van der Waals surface area contributed by atoms with Gasteiger partial charge in [0, 0.05) is 19.8 Å². The first-order chi connectivity index (χ1) is 7.65. The van der Waals surface area contributed by atoms with Gasteiger partial charge < -0.3 is 15.3 Å². The summed E-state index contributed by atoms with van der Waals surface area (Å²) in [4.78, 5) is 13.0. The molecule has 1 fully saturated rings. The van der Waals surface area contributed by atoms with Gasteiger partial charge >= 0.3 is 6.03 Å². The van der Waals surface area contributed by atoms with Crippen molar-refractivity contribution in [1.29, 1.82) is 0 Å². The maximum atomic E-state index is 11.5. The molecule has 0 aromatic rings. The van der Waals surface area contributed by atoms with Gasteiger partial charge in [-0.2, -0.15) is 0 Å². The number of hydrogen-bond donors (Lipinski definition) is 2. The van der Waals surface area contributed by atoms with Crippen molar-refractivity contribution in [2.24, 2.45) is 5.92 Å². The minimum atomic E-state index is -0.161. The van der Waals surface area contributed by atoms with Gasteiger partial charge in [-0.05, 0) is 25.7 Å². The third kappa shape index (κ3) is 3.85. The minimum Gasteiger partial charge on any atom is -0.395 e. The summed E-state index contributed by atoms with van der Waals surface area (Å²) in [5, 5.41) is 11.5. The molecule has 1 aliphatic rings. The summed E-state index contributed by atoms with van der Waals surface area (Å²) >= 11 is 0. The molecule has 92 valence electrons. The lowest BCUT2D eigenvalue weighted by molar-refractivity contribution is 0.193. The monoisotopic (exact) mass is 226 g/mol. The van der Waals surface area contributed by atoms with E-state index < -0.39 is 0 Å². The van der Waals surface area contributed by atoms with E-state index in [1.165, 1.54) is 36.2 Å². The molecule has 0 bridgehead atoms. The third-order valence-corrected chi connectivity index (χ3v) is 3.20. The molecule has 0 unspecified atom stereocenters. The molecule has 2 N–H and O–H groups in total. The van der Waals surface area contributed by atoms with Crippen LogP contribution in [-0.4, -0.2) is 36.2 Å². The number of allylic oxidation sites excluding steroid dienone is 1. The average Bonchev–Trinajstić information content (AvgIpc) is 2.79. The van der Waals surface area contributed by atoms with Gasteiger partial charge in [-0.1, -0.05) is 18.4 Å². The highest BCUT2D eigenvalue weighted by Gasteiger charge is 2.16. The molecular weight excluding hydrogens is 204 g/mol. The highest BCUT2D eigenvalue weighted by Crippen LogP contribution is 2.30. The van der Waals surface area contributed by atoms with Crippen LogP contribution in [0, 0.1) is 5.92 Å². The molecule has 16 heavy (non-hydrogen) atoms. The van der Waals surface area contributed by atoms with E-state index in [-0.39, 0.29) is 12.6 Å². The van der Waals surface area contributed by atoms with Crippen molar-refractivity contribution in [3.8, 4) is 0 Å². The molecule has 0 aromatic carbocycles. The Morgan fingerprint density at radius 3 is 2.69 bits per heavy atom. The molecule has 2 amide bonds. The Bertz CT molecular complexity index is 258. The number of nitrogens with one attached hydrogen (secondary N) is 1. The largest absolute Gasteiger partial charge is 0.395 e. The first kappa shape index (κ1) is 13.0. The molecule has 4 nitrogen and oxygen atoms in total. The highest BCUT2D eigenvalue weighted by atomic mass is 16.3. The van der Waals surface area contributed by atoms with Crippen LogP contribution in [-0.2, 0) is 0 Å². The maximum Gasteiger partial charge on any atom is 0.321 e. The fourth-order valence-electron chi connectivity index (χ4n) is 2.04. The average molecular weight is 226 g/mol. The van der Waals surface area contributed by atoms with E-state index in [2.05, 4.69) is 12.2 Å². The van der Waals surface area contributed by atoms with Crippen molar-refractivity contribution in [3.63, 3.8) is 0 Å². The fraction of sp³-hybridized carbons (Fsp3) is 0.750. The number of nitrogens with zero attached hydrogens (tertiary/aromatic N) is 1.